The van der Waals surface area contributed by atoms with Crippen LogP contribution in [-0.4, -0.2) is 65.3 Å². The maximum Gasteiger partial charge on any atom is 0.303 e. The van der Waals surface area contributed by atoms with Gasteiger partial charge in [0.25, 0.3) is 0 Å². The fourth-order valence-corrected chi connectivity index (χ4v) is 8.61. The van der Waals surface area contributed by atoms with Crippen molar-refractivity contribution in [2.24, 2.45) is 34.0 Å². The molecule has 0 amide bonds. The highest BCUT2D eigenvalue weighted by atomic mass is 16.6. The SMILES string of the molecule is C=C1C(=O)[C@]23CC1C(O)C(OC(C)=O)[C@H]2[C@]1(C)C(OC(C)=O)CC(OC(C)=O)C(C)(C)[C@H]1CC3OC(C)=O. The largest absolute Gasteiger partial charge is 0.462 e. The van der Waals surface area contributed by atoms with E-state index >= 15 is 0 Å². The van der Waals surface area contributed by atoms with Crippen molar-refractivity contribution in [2.75, 3.05) is 0 Å². The summed E-state index contributed by atoms with van der Waals surface area (Å²) in [6, 6.07) is 0. The van der Waals surface area contributed by atoms with Crippen LogP contribution in [0.3, 0.4) is 0 Å². The Morgan fingerprint density at radius 1 is 0.816 bits per heavy atom. The minimum absolute atomic E-state index is 0.144. The third kappa shape index (κ3) is 3.89. The van der Waals surface area contributed by atoms with Crippen molar-refractivity contribution in [2.45, 2.75) is 98.2 Å². The van der Waals surface area contributed by atoms with Crippen molar-refractivity contribution < 1.29 is 48.0 Å². The van der Waals surface area contributed by atoms with E-state index in [4.69, 9.17) is 18.9 Å². The smallest absolute Gasteiger partial charge is 0.303 e. The summed E-state index contributed by atoms with van der Waals surface area (Å²) in [6.45, 7) is 14.8. The number of aliphatic hydroxyl groups excluding tert-OH is 1. The van der Waals surface area contributed by atoms with Crippen molar-refractivity contribution in [3.63, 3.8) is 0 Å². The van der Waals surface area contributed by atoms with Crippen LogP contribution in [0.4, 0.5) is 0 Å². The monoisotopic (exact) mass is 534 g/mol. The zero-order valence-electron chi connectivity index (χ0n) is 23.1. The highest BCUT2D eigenvalue weighted by Crippen LogP contribution is 2.72. The van der Waals surface area contributed by atoms with Gasteiger partial charge in [0, 0.05) is 56.8 Å². The molecule has 1 spiro atoms. The van der Waals surface area contributed by atoms with Crippen LogP contribution in [0.5, 0.6) is 0 Å². The molecule has 38 heavy (non-hydrogen) atoms. The van der Waals surface area contributed by atoms with Gasteiger partial charge in [0.15, 0.2) is 5.78 Å². The summed E-state index contributed by atoms with van der Waals surface area (Å²) in [5.74, 6) is -4.63. The Morgan fingerprint density at radius 3 is 1.84 bits per heavy atom. The third-order valence-electron chi connectivity index (χ3n) is 9.87. The quantitative estimate of drug-likeness (QED) is 0.324. The van der Waals surface area contributed by atoms with Crippen molar-refractivity contribution in [3.8, 4) is 0 Å². The first kappa shape index (κ1) is 28.3. The lowest BCUT2D eigenvalue weighted by Crippen LogP contribution is -2.74. The molecule has 4 aliphatic carbocycles. The Morgan fingerprint density at radius 2 is 1.32 bits per heavy atom. The molecule has 2 bridgehead atoms. The minimum Gasteiger partial charge on any atom is -0.462 e. The minimum atomic E-state index is -1.35. The molecule has 0 aliphatic heterocycles. The summed E-state index contributed by atoms with van der Waals surface area (Å²) in [4.78, 5) is 63.2. The van der Waals surface area contributed by atoms with Gasteiger partial charge in [0.1, 0.15) is 24.4 Å². The van der Waals surface area contributed by atoms with Gasteiger partial charge < -0.3 is 24.1 Å². The van der Waals surface area contributed by atoms with Gasteiger partial charge >= 0.3 is 23.9 Å². The number of hydrogen-bond acceptors (Lipinski definition) is 10. The highest BCUT2D eigenvalue weighted by Gasteiger charge is 2.78. The predicted octanol–water partition coefficient (Wildman–Crippen LogP) is 2.29. The predicted molar refractivity (Wildman–Crippen MR) is 131 cm³/mol. The number of Topliss-reactive ketones (excluding diaryl/α,β-unsaturated/α-hetero) is 1. The lowest BCUT2D eigenvalue weighted by molar-refractivity contribution is -0.289. The maximum absolute atomic E-state index is 14.1. The second-order valence-electron chi connectivity index (χ2n) is 12.3. The number of hydrogen-bond donors (Lipinski definition) is 1. The van der Waals surface area contributed by atoms with E-state index < -0.39 is 88.4 Å². The lowest BCUT2D eigenvalue weighted by atomic mass is 9.38. The molecule has 10 nitrogen and oxygen atoms in total. The van der Waals surface area contributed by atoms with Crippen LogP contribution in [0.2, 0.25) is 0 Å². The Balaban J connectivity index is 2.01. The molecule has 0 radical (unpaired) electrons. The van der Waals surface area contributed by atoms with E-state index in [0.717, 1.165) is 0 Å². The van der Waals surface area contributed by atoms with Gasteiger partial charge in [-0.2, -0.15) is 0 Å². The lowest BCUT2D eigenvalue weighted by Gasteiger charge is -2.68. The molecule has 10 heteroatoms. The van der Waals surface area contributed by atoms with Crippen LogP contribution in [0.15, 0.2) is 12.2 Å². The van der Waals surface area contributed by atoms with Crippen molar-refractivity contribution >= 4 is 29.7 Å². The molecule has 0 aromatic heterocycles. The molecule has 4 aliphatic rings. The normalized spacial score (nSPS) is 42.8. The molecule has 0 heterocycles. The van der Waals surface area contributed by atoms with Gasteiger partial charge in [-0.15, -0.1) is 0 Å². The maximum atomic E-state index is 14.1. The standard InChI is InChI=1S/C28H38O10/c1-12-17-11-28(25(12)34)21(37-15(4)31)9-18-26(6,7)19(35-13(2)29)10-20(36-14(3)30)27(18,8)24(28)23(22(17)33)38-16(5)32/h17-24,33H,1,9-11H2,2-8H3/t17?,18-,19?,20?,21?,22?,23?,24+,27+,28+/m1/s1. The number of ether oxygens (including phenoxy) is 4. The van der Waals surface area contributed by atoms with Gasteiger partial charge in [-0.3, -0.25) is 24.0 Å². The van der Waals surface area contributed by atoms with Crippen LogP contribution >= 0.6 is 0 Å². The molecule has 4 fully saturated rings. The molecule has 1 N–H and O–H groups in total. The molecule has 0 aromatic rings. The third-order valence-corrected chi connectivity index (χ3v) is 9.87. The van der Waals surface area contributed by atoms with Crippen LogP contribution in [0, 0.1) is 34.0 Å². The first-order valence-electron chi connectivity index (χ1n) is 13.1. The van der Waals surface area contributed by atoms with Gasteiger partial charge in [0.2, 0.25) is 0 Å². The topological polar surface area (TPSA) is 143 Å². The first-order valence-corrected chi connectivity index (χ1v) is 13.1. The molecule has 0 saturated heterocycles. The zero-order chi connectivity index (χ0) is 28.5. The highest BCUT2D eigenvalue weighted by molar-refractivity contribution is 6.04. The van der Waals surface area contributed by atoms with E-state index in [9.17, 15) is 29.1 Å². The summed E-state index contributed by atoms with van der Waals surface area (Å²) in [7, 11) is 0. The fourth-order valence-electron chi connectivity index (χ4n) is 8.61. The molecule has 0 aromatic carbocycles. The van der Waals surface area contributed by atoms with Gasteiger partial charge in [0.05, 0.1) is 11.5 Å². The number of carbonyl (C=O) groups is 5. The van der Waals surface area contributed by atoms with Gasteiger partial charge in [-0.05, 0) is 24.3 Å². The van der Waals surface area contributed by atoms with Crippen molar-refractivity contribution in [3.05, 3.63) is 12.2 Å². The zero-order valence-corrected chi connectivity index (χ0v) is 23.1. The van der Waals surface area contributed by atoms with Gasteiger partial charge in [-0.25, -0.2) is 0 Å². The van der Waals surface area contributed by atoms with E-state index in [2.05, 4.69) is 6.58 Å². The van der Waals surface area contributed by atoms with E-state index in [0.29, 0.717) is 0 Å². The molecule has 210 valence electrons. The number of esters is 4. The first-order chi connectivity index (χ1) is 17.5. The van der Waals surface area contributed by atoms with Crippen molar-refractivity contribution in [1.82, 2.24) is 0 Å². The number of ketones is 1. The average Bonchev–Trinajstić information content (AvgIpc) is 2.99. The number of fused-ring (bicyclic) bond motifs is 3. The van der Waals surface area contributed by atoms with Crippen molar-refractivity contribution in [1.29, 1.82) is 0 Å². The second kappa shape index (κ2) is 9.17. The van der Waals surface area contributed by atoms with E-state index in [-0.39, 0.29) is 30.6 Å². The summed E-state index contributed by atoms with van der Waals surface area (Å²) in [6.07, 6.45) is -4.31. The molecule has 4 saturated carbocycles. The fraction of sp³-hybridized carbons (Fsp3) is 0.750. The summed E-state index contributed by atoms with van der Waals surface area (Å²) >= 11 is 0. The van der Waals surface area contributed by atoms with E-state index in [1.807, 2.05) is 20.8 Å². The summed E-state index contributed by atoms with van der Waals surface area (Å²) < 4.78 is 23.3. The van der Waals surface area contributed by atoms with E-state index in [1.54, 1.807) is 0 Å². The molecule has 10 atom stereocenters. The van der Waals surface area contributed by atoms with Crippen LogP contribution < -0.4 is 0 Å². The van der Waals surface area contributed by atoms with Gasteiger partial charge in [-0.1, -0.05) is 27.4 Å². The average molecular weight is 535 g/mol. The van der Waals surface area contributed by atoms with E-state index in [1.165, 1.54) is 27.7 Å². The van der Waals surface area contributed by atoms with Crippen LogP contribution in [-0.2, 0) is 42.9 Å². The summed E-state index contributed by atoms with van der Waals surface area (Å²) in [5.41, 5.74) is -2.93. The Bertz CT molecular complexity index is 1090. The second-order valence-corrected chi connectivity index (χ2v) is 12.3. The Labute approximate surface area is 222 Å². The molecular formula is C28H38O10. The Kier molecular flexibility index (Phi) is 6.82. The number of carbonyl (C=O) groups excluding carboxylic acids is 5. The summed E-state index contributed by atoms with van der Waals surface area (Å²) in [5, 5.41) is 11.5. The number of aliphatic hydroxyl groups is 1. The molecule has 4 rings (SSSR count). The number of rotatable bonds is 4. The van der Waals surface area contributed by atoms with Crippen LogP contribution in [0.25, 0.3) is 0 Å². The van der Waals surface area contributed by atoms with Crippen LogP contribution in [0.1, 0.15) is 67.7 Å². The molecule has 6 unspecified atom stereocenters. The Hall–Kier alpha value is -2.75. The molecular weight excluding hydrogens is 496 g/mol.